The number of unbranched alkanes of at least 4 members (excludes halogenated alkanes) is 2. The number of H-pyrrole nitrogens is 1. The van der Waals surface area contributed by atoms with Gasteiger partial charge in [0, 0.05) is 107 Å². The van der Waals surface area contributed by atoms with Crippen LogP contribution in [0.1, 0.15) is 174 Å². The number of likely N-dealkylation sites (N-methyl/N-ethyl adjacent to an activating group) is 2. The highest BCUT2D eigenvalue weighted by Crippen LogP contribution is 2.48. The number of ether oxygens (including phenoxy) is 1. The number of benzene rings is 3. The SMILES string of the molecule is CCCC[C@H]1C(=O)N(C)[C@@H](CCCC)C(=O)N[C@@H](CC(C)C)C(=O)NCCC[C@H](N)C(=O)N[C@@H](Cc2ccc(OC)cc2)C(=O)N2CCCC[C@@]23C(=O)N3[C@@H](CC(N)=O)C(=O)N2CCC[C@H]2C(=O)N[C@@H](CN)C(=O)N[C@@H](CC(C)C)C(=O)N2C[C@H](O)C[C@H]2C(=O)N[C@@H](Cc2c[nH]c3ccccc23)C(=O)N[C@@H](CCN)C(=O)N[C@@H](Cc2cn(CC(=O)O)c3ccccc23)C(=O)N1C. The van der Waals surface area contributed by atoms with E-state index in [4.69, 9.17) is 27.7 Å². The van der Waals surface area contributed by atoms with E-state index >= 15 is 43.2 Å². The van der Waals surface area contributed by atoms with Gasteiger partial charge < -0.3 is 114 Å². The van der Waals surface area contributed by atoms with Crippen molar-refractivity contribution in [3.63, 3.8) is 0 Å². The van der Waals surface area contributed by atoms with Gasteiger partial charge >= 0.3 is 5.97 Å². The van der Waals surface area contributed by atoms with Gasteiger partial charge in [-0.15, -0.1) is 0 Å². The van der Waals surface area contributed by atoms with E-state index < -0.39 is 211 Å². The first-order valence-corrected chi connectivity index (χ1v) is 45.8. The van der Waals surface area contributed by atoms with Gasteiger partial charge in [-0.05, 0) is 136 Å². The van der Waals surface area contributed by atoms with Crippen LogP contribution >= 0.6 is 0 Å². The van der Waals surface area contributed by atoms with Crippen LogP contribution in [-0.2, 0) is 103 Å². The summed E-state index contributed by atoms with van der Waals surface area (Å²) in [4.78, 5) is 248. The van der Waals surface area contributed by atoms with Gasteiger partial charge in [-0.25, -0.2) is 0 Å². The van der Waals surface area contributed by atoms with Crippen molar-refractivity contribution in [1.82, 2.24) is 81.5 Å². The Labute approximate surface area is 762 Å². The lowest BCUT2D eigenvalue weighted by Crippen LogP contribution is -2.61. The number of piperidine rings is 1. The number of carboxylic acid groups (broad SMARTS) is 1. The Morgan fingerprint density at radius 2 is 1.15 bits per heavy atom. The van der Waals surface area contributed by atoms with Gasteiger partial charge in [-0.2, -0.15) is 0 Å². The van der Waals surface area contributed by atoms with Crippen LogP contribution in [0.25, 0.3) is 21.8 Å². The zero-order chi connectivity index (χ0) is 95.4. The summed E-state index contributed by atoms with van der Waals surface area (Å²) in [5.41, 5.74) is 25.8. The molecule has 39 heteroatoms. The van der Waals surface area contributed by atoms with Crippen molar-refractivity contribution >= 4 is 116 Å². The first-order chi connectivity index (χ1) is 62.5. The molecule has 0 radical (unpaired) electrons. The largest absolute Gasteiger partial charge is 0.497 e. The summed E-state index contributed by atoms with van der Waals surface area (Å²) >= 11 is 0. The standard InChI is InChI=1S/C92H132N20O19/c1-10-12-26-71-83(122)100-64(40-52(3)4)79(118)97-37-20-24-61(95)78(117)102-67(42-54-30-32-58(131-9)33-31-54)88(127)111-39-19-18-35-92(111)91(130)112(92)75(46-76(96)114)90(129)109-38-21-29-72(109)84(123)105-69(47-94)82(121)103-66(41-53(5)6)87(126)110-50-57(113)45-74(110)85(124)101-65(43-55-48-98-62-25-16-14-22-59(55)62)81(120)99-63(34-36-93)80(119)104-68(86(125)107(8)73(27-13-11-2)89(128)106(71)7)44-56-49-108(51-77(115)116)70-28-17-15-23-60(56)70/h14-17,22-23,25,28,30-33,48-49,52-53,57,61,63-69,71-75,98,113H,10-13,18-21,24,26-27,29,34-47,50-51,93-95H2,1-9H3,(H2,96,114)(H,97,118)(H,99,120)(H,100,122)(H,101,124)(H,102,117)(H,103,121)(H,104,119)(H,105,123)(H,115,116)/t57-,61+,63+,64+,65+,66+,67+,68+,69+,71+,72+,73+,74+,75+,92-,112?/m1/s1. The molecule has 7 heterocycles. The summed E-state index contributed by atoms with van der Waals surface area (Å²) in [6, 6.07) is 1.84. The predicted octanol–water partition coefficient (Wildman–Crippen LogP) is 0.0565. The molecule has 0 bridgehead atoms. The normalized spacial score (nSPS) is 26.6. The van der Waals surface area contributed by atoms with Crippen LogP contribution in [0.4, 0.5) is 0 Å². The van der Waals surface area contributed by atoms with Crippen molar-refractivity contribution in [1.29, 1.82) is 0 Å². The molecule has 714 valence electrons. The minimum absolute atomic E-state index is 0.0148. The number of nitrogens with two attached hydrogens (primary N) is 4. The lowest BCUT2D eigenvalue weighted by atomic mass is 9.97. The number of hydrogen-bond donors (Lipinski definition) is 15. The zero-order valence-corrected chi connectivity index (χ0v) is 76.4. The highest BCUT2D eigenvalue weighted by atomic mass is 16.5. The lowest BCUT2D eigenvalue weighted by Gasteiger charge is -2.39. The smallest absolute Gasteiger partial charge is 0.323 e. The van der Waals surface area contributed by atoms with Gasteiger partial charge in [0.15, 0.2) is 5.66 Å². The number of para-hydroxylation sites is 2. The van der Waals surface area contributed by atoms with Gasteiger partial charge in [0.05, 0.1) is 25.7 Å². The number of hydrogen-bond acceptors (Lipinski definition) is 21. The Balaban J connectivity index is 1.01. The molecule has 0 unspecified atom stereocenters. The molecular formula is C92H132N20O19. The number of methoxy groups -OCH3 is 1. The Morgan fingerprint density at radius 1 is 0.557 bits per heavy atom. The summed E-state index contributed by atoms with van der Waals surface area (Å²) in [7, 11) is 4.29. The van der Waals surface area contributed by atoms with E-state index in [2.05, 4.69) is 47.5 Å². The molecule has 10 rings (SSSR count). The number of primary amides is 1. The van der Waals surface area contributed by atoms with Crippen molar-refractivity contribution in [2.24, 2.45) is 34.8 Å². The fraction of sp³-hybridized carbons (Fsp3) is 0.587. The van der Waals surface area contributed by atoms with Crippen LogP contribution < -0.4 is 70.2 Å². The van der Waals surface area contributed by atoms with Gasteiger partial charge in [0.1, 0.15) is 84.8 Å². The maximum Gasteiger partial charge on any atom is 0.323 e. The number of rotatable bonds is 24. The van der Waals surface area contributed by atoms with Crippen LogP contribution in [0.5, 0.6) is 5.75 Å². The number of aliphatic carboxylic acids is 1. The maximum absolute atomic E-state index is 15.9. The van der Waals surface area contributed by atoms with Gasteiger partial charge in [0.25, 0.3) is 5.91 Å². The van der Waals surface area contributed by atoms with Crippen molar-refractivity contribution in [3.8, 4) is 5.75 Å². The average molecular weight is 1820 g/mol. The predicted molar refractivity (Wildman–Crippen MR) is 483 cm³/mol. The van der Waals surface area contributed by atoms with Crippen molar-refractivity contribution < 1.29 is 91.7 Å². The van der Waals surface area contributed by atoms with E-state index in [9.17, 15) is 43.8 Å². The second-order valence-electron chi connectivity index (χ2n) is 36.0. The molecule has 15 amide bonds. The van der Waals surface area contributed by atoms with Crippen molar-refractivity contribution in [2.75, 3.05) is 60.5 Å². The third-order valence-electron chi connectivity index (χ3n) is 25.5. The zero-order valence-electron chi connectivity index (χ0n) is 76.4. The maximum atomic E-state index is 15.9. The molecule has 39 nitrogen and oxygen atoms in total. The van der Waals surface area contributed by atoms with E-state index in [0.29, 0.717) is 82.8 Å². The number of nitrogens with zero attached hydrogens (tertiary/aromatic N) is 7. The molecule has 1 spiro atoms. The minimum atomic E-state index is -1.84. The summed E-state index contributed by atoms with van der Waals surface area (Å²) < 4.78 is 6.87. The van der Waals surface area contributed by atoms with Crippen LogP contribution in [0.15, 0.2) is 85.2 Å². The van der Waals surface area contributed by atoms with E-state index in [1.54, 1.807) is 99.0 Å². The minimum Gasteiger partial charge on any atom is -0.497 e. The van der Waals surface area contributed by atoms with Gasteiger partial charge in [-0.3, -0.25) is 81.6 Å². The summed E-state index contributed by atoms with van der Waals surface area (Å²) in [5.74, 6) is -13.6. The van der Waals surface area contributed by atoms with Gasteiger partial charge in [0.2, 0.25) is 82.7 Å². The first-order valence-electron chi connectivity index (χ1n) is 45.8. The molecule has 5 saturated heterocycles. The first kappa shape index (κ1) is 101. The highest BCUT2D eigenvalue weighted by molar-refractivity contribution is 6.10. The second kappa shape index (κ2) is 46.1. The quantitative estimate of drug-likeness (QED) is 0.0363. The van der Waals surface area contributed by atoms with Gasteiger partial charge in [-0.1, -0.05) is 116 Å². The fourth-order valence-corrected chi connectivity index (χ4v) is 18.5. The fourth-order valence-electron chi connectivity index (χ4n) is 18.5. The number of aliphatic hydroxyl groups is 1. The third-order valence-corrected chi connectivity index (χ3v) is 25.5. The van der Waals surface area contributed by atoms with Crippen molar-refractivity contribution in [3.05, 3.63) is 102 Å². The lowest BCUT2D eigenvalue weighted by molar-refractivity contribution is -0.149. The summed E-state index contributed by atoms with van der Waals surface area (Å²) in [5, 5.41) is 45.1. The Hall–Kier alpha value is -12.1. The molecule has 5 aliphatic rings. The molecule has 5 aliphatic heterocycles. The molecule has 15 atom stereocenters. The number of carboxylic acids is 1. The average Bonchev–Trinajstić information content (AvgIpc) is 1.52. The highest BCUT2D eigenvalue weighted by Gasteiger charge is 2.72. The van der Waals surface area contributed by atoms with Crippen molar-refractivity contribution in [2.45, 2.75) is 273 Å². The molecule has 0 saturated carbocycles. The third kappa shape index (κ3) is 24.8. The molecule has 5 fully saturated rings. The van der Waals surface area contributed by atoms with Crippen LogP contribution in [0.3, 0.4) is 0 Å². The number of fused-ring (bicyclic) bond motifs is 4. The summed E-state index contributed by atoms with van der Waals surface area (Å²) in [6.45, 7) is 9.08. The number of amides is 15. The topological polar surface area (TPSA) is 563 Å². The molecule has 3 aromatic carbocycles. The number of carbonyl (C=O) groups is 16. The van der Waals surface area contributed by atoms with Crippen LogP contribution in [-0.4, -0.2) is 295 Å². The Bertz CT molecular complexity index is 4960. The number of nitrogens with one attached hydrogen (secondary N) is 9. The van der Waals surface area contributed by atoms with E-state index in [1.807, 2.05) is 27.7 Å². The number of aliphatic hydroxyl groups excluding tert-OH is 1. The van der Waals surface area contributed by atoms with E-state index in [-0.39, 0.29) is 128 Å². The van der Waals surface area contributed by atoms with Crippen LogP contribution in [0.2, 0.25) is 0 Å². The molecular weight excluding hydrogens is 1690 g/mol. The Kier molecular flexibility index (Phi) is 35.6. The number of carbonyl (C=O) groups excluding carboxylic acids is 15. The molecule has 0 aliphatic carbocycles. The monoisotopic (exact) mass is 1820 g/mol. The van der Waals surface area contributed by atoms with Crippen LogP contribution in [0, 0.1) is 11.8 Å². The molecule has 2 aromatic heterocycles. The summed E-state index contributed by atoms with van der Waals surface area (Å²) in [6.07, 6.45) is 2.88. The number of aromatic amines is 1. The van der Waals surface area contributed by atoms with E-state index in [1.165, 1.54) is 40.5 Å². The Morgan fingerprint density at radius 3 is 1.81 bits per heavy atom. The molecule has 131 heavy (non-hydrogen) atoms. The molecule has 19 N–H and O–H groups in total. The number of aromatic nitrogens is 2. The van der Waals surface area contributed by atoms with E-state index in [0.717, 1.165) is 14.7 Å². The molecule has 5 aromatic rings. The second-order valence-corrected chi connectivity index (χ2v) is 36.0.